The number of hydrogen-bond donors (Lipinski definition) is 2. The molecule has 0 spiro atoms. The Hall–Kier alpha value is -2.79. The predicted octanol–water partition coefficient (Wildman–Crippen LogP) is 2.77. The van der Waals surface area contributed by atoms with Crippen molar-refractivity contribution in [1.82, 2.24) is 0 Å². The molecule has 0 aromatic heterocycles. The molecule has 0 heterocycles. The summed E-state index contributed by atoms with van der Waals surface area (Å²) in [7, 11) is 1.89. The van der Waals surface area contributed by atoms with Crippen LogP contribution in [-0.4, -0.2) is 19.5 Å². The van der Waals surface area contributed by atoms with Gasteiger partial charge in [0.25, 0.3) is 5.91 Å². The zero-order chi connectivity index (χ0) is 17.8. The fourth-order valence-electron chi connectivity index (χ4n) is 2.82. The van der Waals surface area contributed by atoms with Crippen LogP contribution in [0.3, 0.4) is 0 Å². The summed E-state index contributed by atoms with van der Waals surface area (Å²) in [5.74, 6) is -1.60. The minimum absolute atomic E-state index is 0.136. The second-order valence-electron chi connectivity index (χ2n) is 6.16. The molecule has 25 heavy (non-hydrogen) atoms. The number of quaternary nitrogens is 1. The third-order valence-electron chi connectivity index (χ3n) is 3.98. The second-order valence-corrected chi connectivity index (χ2v) is 6.16. The van der Waals surface area contributed by atoms with Gasteiger partial charge in [-0.25, -0.2) is 8.78 Å². The third-order valence-corrected chi connectivity index (χ3v) is 3.98. The Labute approximate surface area is 144 Å². The van der Waals surface area contributed by atoms with Crippen molar-refractivity contribution in [2.45, 2.75) is 6.54 Å². The molecule has 0 aliphatic carbocycles. The molecule has 3 nitrogen and oxygen atoms in total. The van der Waals surface area contributed by atoms with Crippen molar-refractivity contribution in [3.8, 4) is 0 Å². The predicted molar refractivity (Wildman–Crippen MR) is 94.4 cm³/mol. The van der Waals surface area contributed by atoms with E-state index < -0.39 is 11.6 Å². The van der Waals surface area contributed by atoms with Gasteiger partial charge in [-0.05, 0) is 29.0 Å². The summed E-state index contributed by atoms with van der Waals surface area (Å²) >= 11 is 0. The summed E-state index contributed by atoms with van der Waals surface area (Å²) in [5.41, 5.74) is 0.976. The monoisotopic (exact) mass is 341 g/mol. The number of amides is 1. The molecule has 0 aliphatic heterocycles. The first-order chi connectivity index (χ1) is 12.0. The maximum atomic E-state index is 13.6. The second kappa shape index (κ2) is 7.40. The summed E-state index contributed by atoms with van der Waals surface area (Å²) < 4.78 is 26.7. The van der Waals surface area contributed by atoms with Gasteiger partial charge in [-0.2, -0.15) is 0 Å². The molecular formula is C20H19F2N2O+. The average molecular weight is 341 g/mol. The minimum atomic E-state index is -0.651. The number of halogens is 2. The van der Waals surface area contributed by atoms with Gasteiger partial charge < -0.3 is 10.2 Å². The molecule has 0 aliphatic rings. The number of fused-ring (bicyclic) bond motifs is 1. The molecule has 3 aromatic rings. The van der Waals surface area contributed by atoms with Crippen LogP contribution in [0.5, 0.6) is 0 Å². The van der Waals surface area contributed by atoms with Crippen LogP contribution < -0.4 is 10.2 Å². The Balaban J connectivity index is 1.62. The first-order valence-electron chi connectivity index (χ1n) is 8.05. The normalized spacial score (nSPS) is 12.1. The van der Waals surface area contributed by atoms with Gasteiger partial charge in [0.2, 0.25) is 0 Å². The van der Waals surface area contributed by atoms with Gasteiger partial charge in [0.1, 0.15) is 18.2 Å². The molecule has 0 bridgehead atoms. The lowest BCUT2D eigenvalue weighted by Crippen LogP contribution is -3.08. The number of anilines is 1. The van der Waals surface area contributed by atoms with Crippen molar-refractivity contribution in [3.63, 3.8) is 0 Å². The van der Waals surface area contributed by atoms with Crippen molar-refractivity contribution >= 4 is 22.4 Å². The van der Waals surface area contributed by atoms with Gasteiger partial charge in [-0.15, -0.1) is 0 Å². The molecular weight excluding hydrogens is 322 g/mol. The average Bonchev–Trinajstić information content (AvgIpc) is 2.58. The van der Waals surface area contributed by atoms with Crippen LogP contribution in [0.1, 0.15) is 5.56 Å². The molecule has 0 fully saturated rings. The lowest BCUT2D eigenvalue weighted by Gasteiger charge is -2.14. The van der Waals surface area contributed by atoms with Crippen LogP contribution in [0.4, 0.5) is 14.5 Å². The van der Waals surface area contributed by atoms with Gasteiger partial charge in [-0.1, -0.05) is 36.4 Å². The Kier molecular flexibility index (Phi) is 5.05. The summed E-state index contributed by atoms with van der Waals surface area (Å²) in [4.78, 5) is 13.0. The van der Waals surface area contributed by atoms with E-state index in [4.69, 9.17) is 0 Å². The number of nitrogens with one attached hydrogen (secondary N) is 2. The summed E-state index contributed by atoms with van der Waals surface area (Å²) in [6.07, 6.45) is 0. The van der Waals surface area contributed by atoms with Gasteiger partial charge in [0.05, 0.1) is 12.7 Å². The quantitative estimate of drug-likeness (QED) is 0.735. The van der Waals surface area contributed by atoms with E-state index in [0.717, 1.165) is 34.0 Å². The summed E-state index contributed by atoms with van der Waals surface area (Å²) in [6.45, 7) is 0.812. The lowest BCUT2D eigenvalue weighted by atomic mass is 10.1. The molecule has 2 N–H and O–H groups in total. The zero-order valence-corrected chi connectivity index (χ0v) is 13.9. The van der Waals surface area contributed by atoms with E-state index in [-0.39, 0.29) is 18.1 Å². The molecule has 3 aromatic carbocycles. The molecule has 0 saturated heterocycles. The van der Waals surface area contributed by atoms with Crippen LogP contribution in [0, 0.1) is 11.6 Å². The number of carbonyl (C=O) groups excluding carboxylic acids is 1. The highest BCUT2D eigenvalue weighted by molar-refractivity contribution is 5.91. The summed E-state index contributed by atoms with van der Waals surface area (Å²) in [6, 6.07) is 17.3. The topological polar surface area (TPSA) is 33.5 Å². The number of rotatable bonds is 5. The molecule has 0 radical (unpaired) electrons. The maximum absolute atomic E-state index is 13.6. The first kappa shape index (κ1) is 17.0. The van der Waals surface area contributed by atoms with E-state index in [1.807, 2.05) is 31.3 Å². The van der Waals surface area contributed by atoms with E-state index in [1.165, 1.54) is 5.39 Å². The Bertz CT molecular complexity index is 911. The molecule has 1 atom stereocenters. The smallest absolute Gasteiger partial charge is 0.279 e. The van der Waals surface area contributed by atoms with Gasteiger partial charge in [-0.3, -0.25) is 4.79 Å². The highest BCUT2D eigenvalue weighted by atomic mass is 19.1. The van der Waals surface area contributed by atoms with Crippen molar-refractivity contribution in [3.05, 3.63) is 77.9 Å². The summed E-state index contributed by atoms with van der Waals surface area (Å²) in [5, 5.41) is 4.74. The Morgan fingerprint density at radius 3 is 2.56 bits per heavy atom. The molecule has 5 heteroatoms. The Morgan fingerprint density at radius 1 is 1.00 bits per heavy atom. The highest BCUT2D eigenvalue weighted by Gasteiger charge is 2.13. The molecule has 1 amide bonds. The van der Waals surface area contributed by atoms with Gasteiger partial charge in [0.15, 0.2) is 6.54 Å². The van der Waals surface area contributed by atoms with E-state index in [9.17, 15) is 13.6 Å². The Morgan fingerprint density at radius 2 is 1.76 bits per heavy atom. The van der Waals surface area contributed by atoms with E-state index in [0.29, 0.717) is 6.54 Å². The van der Waals surface area contributed by atoms with Crippen LogP contribution in [-0.2, 0) is 11.3 Å². The largest absolute Gasteiger partial charge is 0.326 e. The molecule has 3 rings (SSSR count). The lowest BCUT2D eigenvalue weighted by molar-refractivity contribution is -0.885. The molecule has 1 unspecified atom stereocenters. The SMILES string of the molecule is C[NH+](CC(=O)Nc1cc(F)ccc1F)Cc1ccc2ccccc2c1. The van der Waals surface area contributed by atoms with E-state index in [1.54, 1.807) is 0 Å². The highest BCUT2D eigenvalue weighted by Crippen LogP contribution is 2.16. The fraction of sp³-hybridized carbons (Fsp3) is 0.150. The van der Waals surface area contributed by atoms with Gasteiger partial charge in [0, 0.05) is 11.6 Å². The van der Waals surface area contributed by atoms with Crippen LogP contribution in [0.2, 0.25) is 0 Å². The first-order valence-corrected chi connectivity index (χ1v) is 8.05. The maximum Gasteiger partial charge on any atom is 0.279 e. The van der Waals surface area contributed by atoms with Crippen molar-refractivity contribution in [2.75, 3.05) is 18.9 Å². The zero-order valence-electron chi connectivity index (χ0n) is 13.9. The van der Waals surface area contributed by atoms with E-state index >= 15 is 0 Å². The van der Waals surface area contributed by atoms with Crippen LogP contribution in [0.15, 0.2) is 60.7 Å². The standard InChI is InChI=1S/C20H18F2N2O/c1-24(12-14-6-7-15-4-2-3-5-16(15)10-14)13-20(25)23-19-11-17(21)8-9-18(19)22/h2-11H,12-13H2,1H3,(H,23,25)/p+1. The van der Waals surface area contributed by atoms with Gasteiger partial charge >= 0.3 is 0 Å². The molecule has 0 saturated carbocycles. The number of carbonyl (C=O) groups is 1. The minimum Gasteiger partial charge on any atom is -0.326 e. The van der Waals surface area contributed by atoms with Crippen LogP contribution >= 0.6 is 0 Å². The number of benzene rings is 3. The van der Waals surface area contributed by atoms with E-state index in [2.05, 4.69) is 23.5 Å². The number of hydrogen-bond acceptors (Lipinski definition) is 1. The number of likely N-dealkylation sites (N-methyl/N-ethyl adjacent to an activating group) is 1. The van der Waals surface area contributed by atoms with Crippen molar-refractivity contribution in [2.24, 2.45) is 0 Å². The van der Waals surface area contributed by atoms with Crippen molar-refractivity contribution < 1.29 is 18.5 Å². The fourth-order valence-corrected chi connectivity index (χ4v) is 2.82. The van der Waals surface area contributed by atoms with Crippen molar-refractivity contribution in [1.29, 1.82) is 0 Å². The molecule has 128 valence electrons. The third kappa shape index (κ3) is 4.39. The van der Waals surface area contributed by atoms with Crippen LogP contribution in [0.25, 0.3) is 10.8 Å².